The molecule has 0 unspecified atom stereocenters. The third kappa shape index (κ3) is 5.64. The van der Waals surface area contributed by atoms with Gasteiger partial charge in [0.25, 0.3) is 5.91 Å². The van der Waals surface area contributed by atoms with Crippen LogP contribution in [0.3, 0.4) is 0 Å². The van der Waals surface area contributed by atoms with Crippen molar-refractivity contribution in [2.45, 2.75) is 17.7 Å². The molecule has 0 spiro atoms. The predicted molar refractivity (Wildman–Crippen MR) is 131 cm³/mol. The van der Waals surface area contributed by atoms with Crippen molar-refractivity contribution >= 4 is 38.9 Å². The van der Waals surface area contributed by atoms with Crippen molar-refractivity contribution in [3.8, 4) is 0 Å². The zero-order chi connectivity index (χ0) is 25.0. The van der Waals surface area contributed by atoms with Gasteiger partial charge < -0.3 is 15.6 Å². The van der Waals surface area contributed by atoms with Crippen LogP contribution in [0.25, 0.3) is 0 Å². The highest BCUT2D eigenvalue weighted by Crippen LogP contribution is 2.26. The van der Waals surface area contributed by atoms with Gasteiger partial charge in [-0.2, -0.15) is 14.5 Å². The molecule has 2 heterocycles. The maximum atomic E-state index is 13.0. The van der Waals surface area contributed by atoms with Crippen molar-refractivity contribution in [1.29, 1.82) is 0 Å². The van der Waals surface area contributed by atoms with Gasteiger partial charge in [-0.15, -0.1) is 0 Å². The SMILES string of the molecule is Cn1cc(S(=O)(=O)N2CCC(C(=O)Nc3ccc(N=Nc4ccccc4)cc3)CC2)cc1C(N)=O. The van der Waals surface area contributed by atoms with Crippen LogP contribution in [-0.2, 0) is 21.9 Å². The van der Waals surface area contributed by atoms with Crippen LogP contribution in [0.15, 0.2) is 82.0 Å². The Morgan fingerprint density at radius 2 is 1.57 bits per heavy atom. The number of carbonyl (C=O) groups is 2. The van der Waals surface area contributed by atoms with Gasteiger partial charge in [0.1, 0.15) is 10.6 Å². The summed E-state index contributed by atoms with van der Waals surface area (Å²) in [5.41, 5.74) is 7.44. The van der Waals surface area contributed by atoms with Gasteiger partial charge in [-0.1, -0.05) is 18.2 Å². The molecule has 3 N–H and O–H groups in total. The van der Waals surface area contributed by atoms with E-state index in [1.165, 1.54) is 21.1 Å². The number of hydrogen-bond donors (Lipinski definition) is 2. The summed E-state index contributed by atoms with van der Waals surface area (Å²) >= 11 is 0. The fourth-order valence-electron chi connectivity index (χ4n) is 3.89. The fraction of sp³-hybridized carbons (Fsp3) is 0.250. The maximum Gasteiger partial charge on any atom is 0.265 e. The van der Waals surface area contributed by atoms with Crippen molar-refractivity contribution in [2.75, 3.05) is 18.4 Å². The Morgan fingerprint density at radius 1 is 0.971 bits per heavy atom. The Morgan fingerprint density at radius 3 is 2.14 bits per heavy atom. The molecular weight excluding hydrogens is 468 g/mol. The first-order valence-corrected chi connectivity index (χ1v) is 12.5. The number of rotatable bonds is 7. The second-order valence-corrected chi connectivity index (χ2v) is 10.2. The predicted octanol–water partition coefficient (Wildman–Crippen LogP) is 3.58. The highest BCUT2D eigenvalue weighted by atomic mass is 32.2. The molecule has 4 rings (SSSR count). The molecular formula is C24H26N6O4S. The molecule has 2 amide bonds. The number of azo groups is 1. The van der Waals surface area contributed by atoms with E-state index in [0.717, 1.165) is 5.69 Å². The van der Waals surface area contributed by atoms with Gasteiger partial charge in [0, 0.05) is 37.9 Å². The number of benzene rings is 2. The lowest BCUT2D eigenvalue weighted by atomic mass is 9.97. The Labute approximate surface area is 203 Å². The van der Waals surface area contributed by atoms with Crippen molar-refractivity contribution < 1.29 is 18.0 Å². The molecule has 0 atom stereocenters. The molecule has 1 aliphatic rings. The summed E-state index contributed by atoms with van der Waals surface area (Å²) < 4.78 is 28.7. The van der Waals surface area contributed by atoms with Crippen LogP contribution in [-0.4, -0.2) is 42.2 Å². The summed E-state index contributed by atoms with van der Waals surface area (Å²) in [5.74, 6) is -1.16. The zero-order valence-electron chi connectivity index (χ0n) is 19.2. The van der Waals surface area contributed by atoms with E-state index in [1.807, 2.05) is 30.3 Å². The summed E-state index contributed by atoms with van der Waals surface area (Å²) in [7, 11) is -2.22. The minimum Gasteiger partial charge on any atom is -0.364 e. The Bertz CT molecular complexity index is 1340. The second kappa shape index (κ2) is 10.2. The van der Waals surface area contributed by atoms with Gasteiger partial charge in [-0.25, -0.2) is 8.42 Å². The monoisotopic (exact) mass is 494 g/mol. The molecule has 0 aliphatic carbocycles. The minimum atomic E-state index is -3.78. The smallest absolute Gasteiger partial charge is 0.265 e. The number of carbonyl (C=O) groups excluding carboxylic acids is 2. The number of anilines is 1. The van der Waals surface area contributed by atoms with Crippen LogP contribution < -0.4 is 11.1 Å². The first-order chi connectivity index (χ1) is 16.7. The molecule has 1 aromatic heterocycles. The molecule has 0 saturated carbocycles. The van der Waals surface area contributed by atoms with Crippen LogP contribution in [0.5, 0.6) is 0 Å². The van der Waals surface area contributed by atoms with E-state index in [9.17, 15) is 18.0 Å². The number of amides is 2. The second-order valence-electron chi connectivity index (χ2n) is 8.29. The number of hydrogen-bond acceptors (Lipinski definition) is 6. The van der Waals surface area contributed by atoms with Crippen LogP contribution in [0.1, 0.15) is 23.3 Å². The first kappa shape index (κ1) is 24.3. The average molecular weight is 495 g/mol. The number of sulfonamides is 1. The highest BCUT2D eigenvalue weighted by Gasteiger charge is 2.33. The third-order valence-corrected chi connectivity index (χ3v) is 7.73. The van der Waals surface area contributed by atoms with Gasteiger partial charge in [0.2, 0.25) is 15.9 Å². The lowest BCUT2D eigenvalue weighted by Gasteiger charge is -2.30. The molecule has 11 heteroatoms. The van der Waals surface area contributed by atoms with Crippen molar-refractivity contribution in [1.82, 2.24) is 8.87 Å². The highest BCUT2D eigenvalue weighted by molar-refractivity contribution is 7.89. The summed E-state index contributed by atoms with van der Waals surface area (Å²) in [6, 6.07) is 17.7. The molecule has 0 radical (unpaired) electrons. The fourth-order valence-corrected chi connectivity index (χ4v) is 5.44. The van der Waals surface area contributed by atoms with E-state index in [2.05, 4.69) is 15.5 Å². The van der Waals surface area contributed by atoms with E-state index < -0.39 is 15.9 Å². The zero-order valence-corrected chi connectivity index (χ0v) is 20.0. The van der Waals surface area contributed by atoms with E-state index in [1.54, 1.807) is 31.3 Å². The molecule has 1 fully saturated rings. The number of nitrogens with two attached hydrogens (primary N) is 1. The maximum absolute atomic E-state index is 13.0. The summed E-state index contributed by atoms with van der Waals surface area (Å²) in [6.45, 7) is 0.417. The van der Waals surface area contributed by atoms with Gasteiger partial charge in [0.05, 0.1) is 11.4 Å². The molecule has 1 aliphatic heterocycles. The van der Waals surface area contributed by atoms with Gasteiger partial charge in [0.15, 0.2) is 0 Å². The van der Waals surface area contributed by atoms with Gasteiger partial charge >= 0.3 is 0 Å². The molecule has 10 nitrogen and oxygen atoms in total. The Balaban J connectivity index is 1.32. The number of nitrogens with zero attached hydrogens (tertiary/aromatic N) is 4. The Kier molecular flexibility index (Phi) is 7.08. The normalized spacial score (nSPS) is 15.3. The number of aryl methyl sites for hydroxylation is 1. The van der Waals surface area contributed by atoms with Gasteiger partial charge in [-0.3, -0.25) is 9.59 Å². The van der Waals surface area contributed by atoms with Crippen molar-refractivity contribution in [3.05, 3.63) is 72.6 Å². The number of piperidine rings is 1. The number of nitrogens with one attached hydrogen (secondary N) is 1. The van der Waals surface area contributed by atoms with Crippen LogP contribution >= 0.6 is 0 Å². The lowest BCUT2D eigenvalue weighted by Crippen LogP contribution is -2.41. The molecule has 2 aromatic carbocycles. The van der Waals surface area contributed by atoms with E-state index >= 15 is 0 Å². The van der Waals surface area contributed by atoms with Gasteiger partial charge in [-0.05, 0) is 55.3 Å². The summed E-state index contributed by atoms with van der Waals surface area (Å²) in [5, 5.41) is 11.2. The Hall–Kier alpha value is -3.83. The summed E-state index contributed by atoms with van der Waals surface area (Å²) in [6.07, 6.45) is 2.16. The van der Waals surface area contributed by atoms with Crippen molar-refractivity contribution in [2.24, 2.45) is 28.9 Å². The molecule has 182 valence electrons. The molecule has 35 heavy (non-hydrogen) atoms. The summed E-state index contributed by atoms with van der Waals surface area (Å²) in [4.78, 5) is 24.2. The lowest BCUT2D eigenvalue weighted by molar-refractivity contribution is -0.120. The van der Waals surface area contributed by atoms with Crippen LogP contribution in [0, 0.1) is 5.92 Å². The topological polar surface area (TPSA) is 139 Å². The average Bonchev–Trinajstić information content (AvgIpc) is 3.27. The number of primary amides is 1. The van der Waals surface area contributed by atoms with E-state index in [-0.39, 0.29) is 35.5 Å². The minimum absolute atomic E-state index is 0.0150. The standard InChI is InChI=1S/C24H26N6O4S/c1-29-16-21(15-22(29)23(25)31)35(33,34)30-13-11-17(12-14-30)24(32)26-18-7-9-20(10-8-18)28-27-19-5-3-2-4-6-19/h2-10,15-17H,11-14H2,1H3,(H2,25,31)(H,26,32). The largest absolute Gasteiger partial charge is 0.364 e. The molecule has 3 aromatic rings. The molecule has 0 bridgehead atoms. The van der Waals surface area contributed by atoms with Crippen LogP contribution in [0.4, 0.5) is 17.1 Å². The number of aromatic nitrogens is 1. The quantitative estimate of drug-likeness (QED) is 0.485. The van der Waals surface area contributed by atoms with E-state index in [0.29, 0.717) is 24.2 Å². The third-order valence-electron chi connectivity index (χ3n) is 5.87. The van der Waals surface area contributed by atoms with Crippen molar-refractivity contribution in [3.63, 3.8) is 0 Å². The van der Waals surface area contributed by atoms with Crippen LogP contribution in [0.2, 0.25) is 0 Å². The molecule has 1 saturated heterocycles. The first-order valence-electron chi connectivity index (χ1n) is 11.1. The van der Waals surface area contributed by atoms with E-state index in [4.69, 9.17) is 5.73 Å².